The Bertz CT molecular complexity index is 1040. The zero-order valence-electron chi connectivity index (χ0n) is 15.2. The van der Waals surface area contributed by atoms with E-state index in [9.17, 15) is 4.79 Å². The van der Waals surface area contributed by atoms with Gasteiger partial charge in [-0.25, -0.2) is 0 Å². The van der Waals surface area contributed by atoms with Gasteiger partial charge in [-0.15, -0.1) is 0 Å². The van der Waals surface area contributed by atoms with E-state index < -0.39 is 0 Å². The van der Waals surface area contributed by atoms with Crippen LogP contribution in [-0.2, 0) is 12.8 Å². The molecule has 1 heterocycles. The highest BCUT2D eigenvalue weighted by Gasteiger charge is 2.26. The first-order chi connectivity index (χ1) is 13.0. The van der Waals surface area contributed by atoms with Crippen molar-refractivity contribution < 1.29 is 9.53 Å². The number of nitrogens with one attached hydrogen (secondary N) is 2. The van der Waals surface area contributed by atoms with Crippen LogP contribution in [0.2, 0.25) is 10.0 Å². The molecule has 1 aromatic heterocycles. The number of amides is 1. The molecular weight excluding hydrogens is 383 g/mol. The van der Waals surface area contributed by atoms with E-state index in [0.29, 0.717) is 15.8 Å². The number of ether oxygens (including phenoxy) is 1. The predicted octanol–water partition coefficient (Wildman–Crippen LogP) is 5.08. The summed E-state index contributed by atoms with van der Waals surface area (Å²) in [7, 11) is 1.48. The largest absolute Gasteiger partial charge is 0.494 e. The molecule has 1 amide bonds. The average Bonchev–Trinajstić information content (AvgIpc) is 3.00. The molecule has 1 unspecified atom stereocenters. The van der Waals surface area contributed by atoms with Gasteiger partial charge in [0.25, 0.3) is 5.91 Å². The lowest BCUT2D eigenvalue weighted by Crippen LogP contribution is -2.39. The van der Waals surface area contributed by atoms with Gasteiger partial charge in [-0.2, -0.15) is 0 Å². The van der Waals surface area contributed by atoms with Gasteiger partial charge >= 0.3 is 0 Å². The fourth-order valence-electron chi connectivity index (χ4n) is 3.87. The maximum atomic E-state index is 12.9. The molecule has 0 radical (unpaired) electrons. The highest BCUT2D eigenvalue weighted by Crippen LogP contribution is 2.34. The standard InChI is InChI=1S/C21H20Cl2N2O2/c1-11-3-8-17-14(9-11)13-5-4-12(10-18(13)25-17)24-21(26)19-15(22)6-7-16(23)20(19)27-2/h3,6-9,12,25H,4-5,10H2,1-2H3,(H,24,26). The van der Waals surface area contributed by atoms with Crippen molar-refractivity contribution in [2.24, 2.45) is 0 Å². The molecule has 2 aromatic carbocycles. The molecule has 0 bridgehead atoms. The van der Waals surface area contributed by atoms with Crippen LogP contribution in [0.5, 0.6) is 5.75 Å². The van der Waals surface area contributed by atoms with Crippen molar-refractivity contribution in [1.82, 2.24) is 10.3 Å². The predicted molar refractivity (Wildman–Crippen MR) is 109 cm³/mol. The fraction of sp³-hybridized carbons (Fsp3) is 0.286. The molecule has 4 nitrogen and oxygen atoms in total. The van der Waals surface area contributed by atoms with Gasteiger partial charge < -0.3 is 15.0 Å². The highest BCUT2D eigenvalue weighted by atomic mass is 35.5. The SMILES string of the molecule is COc1c(Cl)ccc(Cl)c1C(=O)NC1CCc2c([nH]c3ccc(C)cc23)C1. The second-order valence-electron chi connectivity index (χ2n) is 6.98. The molecule has 0 fully saturated rings. The van der Waals surface area contributed by atoms with E-state index in [1.54, 1.807) is 12.1 Å². The summed E-state index contributed by atoms with van der Waals surface area (Å²) in [5.74, 6) is 0.0407. The number of hydrogen-bond acceptors (Lipinski definition) is 2. The van der Waals surface area contributed by atoms with Gasteiger partial charge in [-0.05, 0) is 49.6 Å². The average molecular weight is 403 g/mol. The zero-order valence-corrected chi connectivity index (χ0v) is 16.7. The van der Waals surface area contributed by atoms with Crippen molar-refractivity contribution in [2.75, 3.05) is 7.11 Å². The summed E-state index contributed by atoms with van der Waals surface area (Å²) in [6, 6.07) is 9.71. The summed E-state index contributed by atoms with van der Waals surface area (Å²) in [6.07, 6.45) is 2.56. The Morgan fingerprint density at radius 2 is 2.00 bits per heavy atom. The van der Waals surface area contributed by atoms with Crippen LogP contribution in [0.1, 0.15) is 33.6 Å². The van der Waals surface area contributed by atoms with Crippen LogP contribution in [0.25, 0.3) is 10.9 Å². The smallest absolute Gasteiger partial charge is 0.256 e. The van der Waals surface area contributed by atoms with Crippen LogP contribution in [0.3, 0.4) is 0 Å². The molecule has 2 N–H and O–H groups in total. The molecule has 0 spiro atoms. The van der Waals surface area contributed by atoms with Crippen molar-refractivity contribution in [3.8, 4) is 5.75 Å². The number of H-pyrrole nitrogens is 1. The number of fused-ring (bicyclic) bond motifs is 3. The maximum absolute atomic E-state index is 12.9. The maximum Gasteiger partial charge on any atom is 0.256 e. The number of hydrogen-bond donors (Lipinski definition) is 2. The summed E-state index contributed by atoms with van der Waals surface area (Å²) >= 11 is 12.4. The van der Waals surface area contributed by atoms with E-state index >= 15 is 0 Å². The van der Waals surface area contributed by atoms with Gasteiger partial charge in [0.1, 0.15) is 5.56 Å². The van der Waals surface area contributed by atoms with Crippen molar-refractivity contribution >= 4 is 40.0 Å². The van der Waals surface area contributed by atoms with Crippen molar-refractivity contribution in [3.63, 3.8) is 0 Å². The quantitative estimate of drug-likeness (QED) is 0.641. The summed E-state index contributed by atoms with van der Waals surface area (Å²) in [5.41, 5.74) is 5.23. The molecule has 3 aromatic rings. The van der Waals surface area contributed by atoms with Crippen LogP contribution in [0.15, 0.2) is 30.3 Å². The van der Waals surface area contributed by atoms with E-state index in [-0.39, 0.29) is 17.5 Å². The lowest BCUT2D eigenvalue weighted by Gasteiger charge is -2.24. The van der Waals surface area contributed by atoms with Gasteiger partial charge in [0.15, 0.2) is 5.75 Å². The number of carbonyl (C=O) groups is 1. The van der Waals surface area contributed by atoms with Gasteiger partial charge in [0.05, 0.1) is 17.2 Å². The minimum Gasteiger partial charge on any atom is -0.494 e. The van der Waals surface area contributed by atoms with Gasteiger partial charge in [0, 0.05) is 29.1 Å². The third kappa shape index (κ3) is 3.28. The number of rotatable bonds is 3. The Morgan fingerprint density at radius 3 is 2.78 bits per heavy atom. The molecule has 0 aliphatic heterocycles. The summed E-state index contributed by atoms with van der Waals surface area (Å²) in [6.45, 7) is 2.10. The van der Waals surface area contributed by atoms with Crippen LogP contribution < -0.4 is 10.1 Å². The second-order valence-corrected chi connectivity index (χ2v) is 7.80. The zero-order chi connectivity index (χ0) is 19.1. The second kappa shape index (κ2) is 7.10. The normalized spacial score (nSPS) is 16.2. The molecule has 0 saturated carbocycles. The Morgan fingerprint density at radius 1 is 1.22 bits per heavy atom. The number of halogens is 2. The van der Waals surface area contributed by atoms with Crippen LogP contribution in [0, 0.1) is 6.92 Å². The fourth-order valence-corrected chi connectivity index (χ4v) is 4.34. The lowest BCUT2D eigenvalue weighted by atomic mass is 9.91. The topological polar surface area (TPSA) is 54.1 Å². The molecule has 140 valence electrons. The number of carbonyl (C=O) groups excluding carboxylic acids is 1. The molecule has 27 heavy (non-hydrogen) atoms. The van der Waals surface area contributed by atoms with E-state index in [0.717, 1.165) is 24.8 Å². The molecule has 1 aliphatic rings. The lowest BCUT2D eigenvalue weighted by molar-refractivity contribution is 0.0930. The number of aryl methyl sites for hydroxylation is 2. The molecule has 1 atom stereocenters. The number of benzene rings is 2. The Hall–Kier alpha value is -2.17. The van der Waals surface area contributed by atoms with E-state index in [1.165, 1.54) is 29.3 Å². The number of aromatic nitrogens is 1. The monoisotopic (exact) mass is 402 g/mol. The highest BCUT2D eigenvalue weighted by molar-refractivity contribution is 6.37. The minimum atomic E-state index is -0.264. The molecule has 4 rings (SSSR count). The Balaban J connectivity index is 1.58. The van der Waals surface area contributed by atoms with Crippen molar-refractivity contribution in [1.29, 1.82) is 0 Å². The van der Waals surface area contributed by atoms with E-state index in [4.69, 9.17) is 27.9 Å². The third-order valence-electron chi connectivity index (χ3n) is 5.17. The van der Waals surface area contributed by atoms with Crippen molar-refractivity contribution in [2.45, 2.75) is 32.2 Å². The minimum absolute atomic E-state index is 0.0268. The first kappa shape index (κ1) is 18.2. The van der Waals surface area contributed by atoms with Crippen molar-refractivity contribution in [3.05, 3.63) is 62.8 Å². The summed E-state index contributed by atoms with van der Waals surface area (Å²) in [5, 5.41) is 5.07. The van der Waals surface area contributed by atoms with Gasteiger partial charge in [0.2, 0.25) is 0 Å². The van der Waals surface area contributed by atoms with Crippen LogP contribution in [0.4, 0.5) is 0 Å². The summed E-state index contributed by atoms with van der Waals surface area (Å²) in [4.78, 5) is 16.4. The van der Waals surface area contributed by atoms with Crippen LogP contribution in [-0.4, -0.2) is 24.0 Å². The molecule has 6 heteroatoms. The van der Waals surface area contributed by atoms with Gasteiger partial charge in [-0.3, -0.25) is 4.79 Å². The van der Waals surface area contributed by atoms with Gasteiger partial charge in [-0.1, -0.05) is 34.8 Å². The Kier molecular flexibility index (Phi) is 4.79. The first-order valence-electron chi connectivity index (χ1n) is 8.91. The number of aromatic amines is 1. The van der Waals surface area contributed by atoms with E-state index in [1.807, 2.05) is 0 Å². The Labute approximate surface area is 167 Å². The molecule has 0 saturated heterocycles. The molecular formula is C21H20Cl2N2O2. The molecule has 1 aliphatic carbocycles. The van der Waals surface area contributed by atoms with E-state index in [2.05, 4.69) is 35.4 Å². The third-order valence-corrected chi connectivity index (χ3v) is 5.78. The number of methoxy groups -OCH3 is 1. The first-order valence-corrected chi connectivity index (χ1v) is 9.66. The summed E-state index contributed by atoms with van der Waals surface area (Å²) < 4.78 is 5.29. The van der Waals surface area contributed by atoms with Crippen LogP contribution >= 0.6 is 23.2 Å².